The molecule has 0 spiro atoms. The van der Waals surface area contributed by atoms with E-state index < -0.39 is 24.5 Å². The van der Waals surface area contributed by atoms with Gasteiger partial charge in [-0.3, -0.25) is 10.1 Å². The molecule has 0 saturated carbocycles. The smallest absolute Gasteiger partial charge is 0.341 e. The first-order chi connectivity index (χ1) is 11.2. The van der Waals surface area contributed by atoms with Crippen LogP contribution in [0.4, 0.5) is 4.79 Å². The van der Waals surface area contributed by atoms with Crippen LogP contribution in [0.3, 0.4) is 0 Å². The molecule has 9 heteroatoms. The zero-order valence-corrected chi connectivity index (χ0v) is 15.4. The normalized spacial score (nSPS) is 10.4. The van der Waals surface area contributed by atoms with Gasteiger partial charge in [-0.25, -0.2) is 9.59 Å². The Bertz CT molecular complexity index is 635. The summed E-state index contributed by atoms with van der Waals surface area (Å²) in [6, 6.07) is 2.15. The predicted molar refractivity (Wildman–Crippen MR) is 92.8 cm³/mol. The highest BCUT2D eigenvalue weighted by atomic mass is 35.5. The summed E-state index contributed by atoms with van der Waals surface area (Å²) in [7, 11) is 0. The summed E-state index contributed by atoms with van der Waals surface area (Å²) in [5.41, 5.74) is -0.139. The van der Waals surface area contributed by atoms with Gasteiger partial charge in [0.2, 0.25) is 0 Å². The number of amides is 3. The quantitative estimate of drug-likeness (QED) is 0.568. The molecule has 0 heterocycles. The molecule has 1 aromatic rings. The van der Waals surface area contributed by atoms with Crippen molar-refractivity contribution >= 4 is 52.7 Å². The Morgan fingerprint density at radius 2 is 1.75 bits per heavy atom. The van der Waals surface area contributed by atoms with E-state index in [1.807, 2.05) is 19.2 Å². The third-order valence-electron chi connectivity index (χ3n) is 2.84. The van der Waals surface area contributed by atoms with Gasteiger partial charge in [0.1, 0.15) is 0 Å². The van der Waals surface area contributed by atoms with Gasteiger partial charge in [-0.2, -0.15) is 0 Å². The van der Waals surface area contributed by atoms with Crippen molar-refractivity contribution in [1.82, 2.24) is 10.6 Å². The van der Waals surface area contributed by atoms with Crippen LogP contribution in [-0.2, 0) is 9.53 Å². The molecule has 0 bridgehead atoms. The summed E-state index contributed by atoms with van der Waals surface area (Å²) in [6.07, 6.45) is 0.780. The molecule has 2 N–H and O–H groups in total. The fourth-order valence-corrected chi connectivity index (χ4v) is 2.28. The molecule has 0 saturated heterocycles. The zero-order chi connectivity index (χ0) is 18.3. The predicted octanol–water partition coefficient (Wildman–Crippen LogP) is 3.68. The minimum Gasteiger partial charge on any atom is -0.452 e. The molecule has 1 rings (SSSR count). The average molecular weight is 396 g/mol. The first-order valence-electron chi connectivity index (χ1n) is 7.10. The monoisotopic (exact) mass is 394 g/mol. The van der Waals surface area contributed by atoms with E-state index in [1.54, 1.807) is 0 Å². The Balaban J connectivity index is 2.49. The molecule has 6 nitrogen and oxygen atoms in total. The van der Waals surface area contributed by atoms with E-state index in [0.29, 0.717) is 12.5 Å². The Hall–Kier alpha value is -1.50. The minimum atomic E-state index is -0.914. The molecule has 24 heavy (non-hydrogen) atoms. The third-order valence-corrected chi connectivity index (χ3v) is 3.96. The van der Waals surface area contributed by atoms with Crippen molar-refractivity contribution in [2.45, 2.75) is 20.3 Å². The second-order valence-electron chi connectivity index (χ2n) is 5.28. The number of urea groups is 1. The lowest BCUT2D eigenvalue weighted by molar-refractivity contribution is -0.123. The molecule has 3 amide bonds. The number of nitrogens with one attached hydrogen (secondary N) is 2. The van der Waals surface area contributed by atoms with Gasteiger partial charge in [-0.15, -0.1) is 0 Å². The van der Waals surface area contributed by atoms with Crippen molar-refractivity contribution in [3.8, 4) is 0 Å². The lowest BCUT2D eigenvalue weighted by atomic mass is 10.1. The number of hydrogen-bond donors (Lipinski definition) is 2. The van der Waals surface area contributed by atoms with Crippen molar-refractivity contribution in [2.75, 3.05) is 13.2 Å². The van der Waals surface area contributed by atoms with Crippen LogP contribution in [0.1, 0.15) is 30.6 Å². The second kappa shape index (κ2) is 9.71. The van der Waals surface area contributed by atoms with Gasteiger partial charge in [0.15, 0.2) is 6.61 Å². The van der Waals surface area contributed by atoms with E-state index in [2.05, 4.69) is 5.32 Å². The van der Waals surface area contributed by atoms with Gasteiger partial charge in [-0.05, 0) is 24.5 Å². The number of imide groups is 1. The molecule has 0 fully saturated rings. The molecule has 0 aromatic heterocycles. The van der Waals surface area contributed by atoms with Crippen molar-refractivity contribution in [3.63, 3.8) is 0 Å². The molecule has 0 aliphatic carbocycles. The van der Waals surface area contributed by atoms with E-state index >= 15 is 0 Å². The van der Waals surface area contributed by atoms with Crippen LogP contribution in [0.5, 0.6) is 0 Å². The number of hydrogen-bond acceptors (Lipinski definition) is 4. The highest BCUT2D eigenvalue weighted by molar-refractivity contribution is 6.46. The van der Waals surface area contributed by atoms with Crippen LogP contribution in [0, 0.1) is 5.92 Å². The van der Waals surface area contributed by atoms with E-state index in [4.69, 9.17) is 39.5 Å². The maximum absolute atomic E-state index is 11.9. The highest BCUT2D eigenvalue weighted by Crippen LogP contribution is 2.31. The van der Waals surface area contributed by atoms with Crippen LogP contribution >= 0.6 is 34.8 Å². The van der Waals surface area contributed by atoms with Crippen molar-refractivity contribution in [3.05, 3.63) is 32.8 Å². The number of ether oxygens (including phenoxy) is 1. The van der Waals surface area contributed by atoms with E-state index in [0.717, 1.165) is 6.42 Å². The number of benzene rings is 1. The number of carbonyl (C=O) groups excluding carboxylic acids is 3. The summed E-state index contributed by atoms with van der Waals surface area (Å²) in [5.74, 6) is -1.27. The van der Waals surface area contributed by atoms with Gasteiger partial charge in [0.05, 0.1) is 20.6 Å². The molecule has 0 radical (unpaired) electrons. The first kappa shape index (κ1) is 20.5. The number of esters is 1. The maximum Gasteiger partial charge on any atom is 0.341 e. The van der Waals surface area contributed by atoms with Crippen LogP contribution in [0.2, 0.25) is 15.1 Å². The highest BCUT2D eigenvalue weighted by Gasteiger charge is 2.20. The molecular weight excluding hydrogens is 379 g/mol. The Morgan fingerprint density at radius 1 is 1.12 bits per heavy atom. The average Bonchev–Trinajstić information content (AvgIpc) is 2.49. The largest absolute Gasteiger partial charge is 0.452 e. The summed E-state index contributed by atoms with van der Waals surface area (Å²) in [5, 5.41) is 4.66. The van der Waals surface area contributed by atoms with Gasteiger partial charge >= 0.3 is 12.0 Å². The Kier molecular flexibility index (Phi) is 8.31. The van der Waals surface area contributed by atoms with Crippen molar-refractivity contribution in [1.29, 1.82) is 0 Å². The molecule has 132 valence electrons. The first-order valence-corrected chi connectivity index (χ1v) is 8.24. The Labute approximate surface area is 154 Å². The van der Waals surface area contributed by atoms with Gasteiger partial charge < -0.3 is 10.1 Å². The number of halogens is 3. The molecule has 0 aliphatic rings. The molecule has 0 aliphatic heterocycles. The van der Waals surface area contributed by atoms with Crippen molar-refractivity contribution < 1.29 is 19.1 Å². The summed E-state index contributed by atoms with van der Waals surface area (Å²) in [4.78, 5) is 35.0. The topological polar surface area (TPSA) is 84.5 Å². The summed E-state index contributed by atoms with van der Waals surface area (Å²) in [6.45, 7) is 3.80. The molecular formula is C15H17Cl3N2O4. The van der Waals surface area contributed by atoms with Gasteiger partial charge in [0.25, 0.3) is 5.91 Å². The minimum absolute atomic E-state index is 0.0428. The van der Waals surface area contributed by atoms with Crippen LogP contribution in [0.25, 0.3) is 0 Å². The lowest BCUT2D eigenvalue weighted by Gasteiger charge is -2.10. The summed E-state index contributed by atoms with van der Waals surface area (Å²) >= 11 is 17.6. The van der Waals surface area contributed by atoms with E-state index in [9.17, 15) is 14.4 Å². The zero-order valence-electron chi connectivity index (χ0n) is 13.1. The van der Waals surface area contributed by atoms with Gasteiger partial charge in [0, 0.05) is 6.54 Å². The second-order valence-corrected chi connectivity index (χ2v) is 6.47. The van der Waals surface area contributed by atoms with Crippen LogP contribution in [0.15, 0.2) is 12.1 Å². The van der Waals surface area contributed by atoms with Crippen LogP contribution < -0.4 is 10.6 Å². The molecule has 0 unspecified atom stereocenters. The Morgan fingerprint density at radius 3 is 2.38 bits per heavy atom. The molecule has 1 aromatic carbocycles. The lowest BCUT2D eigenvalue weighted by Crippen LogP contribution is -2.42. The van der Waals surface area contributed by atoms with E-state index in [1.165, 1.54) is 12.1 Å². The van der Waals surface area contributed by atoms with E-state index in [-0.39, 0.29) is 20.6 Å². The van der Waals surface area contributed by atoms with Crippen LogP contribution in [-0.4, -0.2) is 31.1 Å². The fourth-order valence-electron chi connectivity index (χ4n) is 1.60. The van der Waals surface area contributed by atoms with Crippen molar-refractivity contribution in [2.24, 2.45) is 5.92 Å². The van der Waals surface area contributed by atoms with Gasteiger partial charge in [-0.1, -0.05) is 48.7 Å². The number of rotatable bonds is 6. The molecule has 0 atom stereocenters. The summed E-state index contributed by atoms with van der Waals surface area (Å²) < 4.78 is 4.79. The maximum atomic E-state index is 11.9. The SMILES string of the molecule is CC(C)CCNC(=O)NC(=O)COC(=O)c1c(Cl)ccc(Cl)c1Cl. The standard InChI is InChI=1S/C15H17Cl3N2O4/c1-8(2)5-6-19-15(23)20-11(21)7-24-14(22)12-9(16)3-4-10(17)13(12)18/h3-4,8H,5-7H2,1-2H3,(H2,19,20,21,23). The number of carbonyl (C=O) groups is 3. The fraction of sp³-hybridized carbons (Fsp3) is 0.400. The third kappa shape index (κ3) is 6.55.